The molecular weight excluding hydrogens is 138 g/mol. The van der Waals surface area contributed by atoms with Gasteiger partial charge in [0.15, 0.2) is 0 Å². The van der Waals surface area contributed by atoms with Gasteiger partial charge in [0.05, 0.1) is 18.1 Å². The van der Waals surface area contributed by atoms with E-state index in [0.29, 0.717) is 0 Å². The summed E-state index contributed by atoms with van der Waals surface area (Å²) in [5, 5.41) is 2.97. The van der Waals surface area contributed by atoms with Crippen molar-refractivity contribution in [1.82, 2.24) is 9.97 Å². The first-order valence-electron chi connectivity index (χ1n) is 3.85. The summed E-state index contributed by atoms with van der Waals surface area (Å²) in [4.78, 5) is 8.33. The molecule has 11 heavy (non-hydrogen) atoms. The molecule has 3 heteroatoms. The van der Waals surface area contributed by atoms with Crippen LogP contribution in [0, 0.1) is 0 Å². The lowest BCUT2D eigenvalue weighted by molar-refractivity contribution is 0.835. The molecule has 0 radical (unpaired) electrons. The van der Waals surface area contributed by atoms with E-state index in [9.17, 15) is 0 Å². The Kier molecular flexibility index (Phi) is 2.83. The Labute approximate surface area is 66.9 Å². The van der Waals surface area contributed by atoms with Crippen LogP contribution in [0.1, 0.15) is 19.2 Å². The number of nitrogens with zero attached hydrogens (tertiary/aromatic N) is 2. The van der Waals surface area contributed by atoms with Gasteiger partial charge in [0, 0.05) is 13.5 Å². The summed E-state index contributed by atoms with van der Waals surface area (Å²) < 4.78 is 0. The highest BCUT2D eigenvalue weighted by Gasteiger charge is 1.93. The maximum absolute atomic E-state index is 4.17. The van der Waals surface area contributed by atoms with Crippen molar-refractivity contribution >= 4 is 5.69 Å². The Morgan fingerprint density at radius 1 is 1.36 bits per heavy atom. The third kappa shape index (κ3) is 2.18. The Morgan fingerprint density at radius 3 is 2.45 bits per heavy atom. The molecule has 0 atom stereocenters. The van der Waals surface area contributed by atoms with Crippen molar-refractivity contribution in [2.45, 2.75) is 19.8 Å². The van der Waals surface area contributed by atoms with Crippen molar-refractivity contribution in [3.63, 3.8) is 0 Å². The van der Waals surface area contributed by atoms with Crippen molar-refractivity contribution in [2.75, 3.05) is 12.4 Å². The summed E-state index contributed by atoms with van der Waals surface area (Å²) in [5.74, 6) is 0.923. The number of nitrogens with one attached hydrogen (secondary N) is 1. The van der Waals surface area contributed by atoms with Crippen molar-refractivity contribution in [3.8, 4) is 0 Å². The van der Waals surface area contributed by atoms with Gasteiger partial charge < -0.3 is 5.32 Å². The van der Waals surface area contributed by atoms with Gasteiger partial charge in [0.1, 0.15) is 5.82 Å². The van der Waals surface area contributed by atoms with Crippen LogP contribution in [0.2, 0.25) is 0 Å². The molecule has 1 rings (SSSR count). The number of aryl methyl sites for hydroxylation is 1. The first kappa shape index (κ1) is 7.98. The first-order chi connectivity index (χ1) is 5.36. The molecule has 0 fully saturated rings. The van der Waals surface area contributed by atoms with Crippen molar-refractivity contribution < 1.29 is 0 Å². The fourth-order valence-electron chi connectivity index (χ4n) is 0.837. The van der Waals surface area contributed by atoms with E-state index in [1.165, 1.54) is 0 Å². The van der Waals surface area contributed by atoms with E-state index >= 15 is 0 Å². The highest BCUT2D eigenvalue weighted by atomic mass is 14.9. The minimum atomic E-state index is 0.923. The SMILES string of the molecule is CCCc1ncc(NC)cn1. The van der Waals surface area contributed by atoms with Crippen LogP contribution < -0.4 is 5.32 Å². The highest BCUT2D eigenvalue weighted by molar-refractivity contribution is 5.36. The van der Waals surface area contributed by atoms with E-state index in [4.69, 9.17) is 0 Å². The average molecular weight is 151 g/mol. The average Bonchev–Trinajstić information content (AvgIpc) is 2.07. The molecule has 1 aromatic rings. The second-order valence-corrected chi connectivity index (χ2v) is 2.39. The van der Waals surface area contributed by atoms with Crippen molar-refractivity contribution in [3.05, 3.63) is 18.2 Å². The molecule has 1 N–H and O–H groups in total. The molecule has 0 saturated heterocycles. The predicted octanol–water partition coefficient (Wildman–Crippen LogP) is 1.47. The summed E-state index contributed by atoms with van der Waals surface area (Å²) in [6, 6.07) is 0. The molecule has 0 aliphatic carbocycles. The number of hydrogen-bond donors (Lipinski definition) is 1. The molecule has 3 nitrogen and oxygen atoms in total. The topological polar surface area (TPSA) is 37.8 Å². The second-order valence-electron chi connectivity index (χ2n) is 2.39. The van der Waals surface area contributed by atoms with Crippen LogP contribution in [-0.4, -0.2) is 17.0 Å². The highest BCUT2D eigenvalue weighted by Crippen LogP contribution is 2.01. The van der Waals surface area contributed by atoms with Gasteiger partial charge in [-0.1, -0.05) is 6.92 Å². The molecule has 0 saturated carbocycles. The molecule has 0 aliphatic rings. The van der Waals surface area contributed by atoms with Crippen LogP contribution in [0.5, 0.6) is 0 Å². The molecule has 0 spiro atoms. The van der Waals surface area contributed by atoms with Gasteiger partial charge in [-0.05, 0) is 6.42 Å². The summed E-state index contributed by atoms with van der Waals surface area (Å²) in [5.41, 5.74) is 0.963. The summed E-state index contributed by atoms with van der Waals surface area (Å²) >= 11 is 0. The normalized spacial score (nSPS) is 9.64. The van der Waals surface area contributed by atoms with E-state index in [-0.39, 0.29) is 0 Å². The monoisotopic (exact) mass is 151 g/mol. The van der Waals surface area contributed by atoms with Crippen LogP contribution >= 0.6 is 0 Å². The molecule has 0 aliphatic heterocycles. The molecule has 1 aromatic heterocycles. The zero-order valence-electron chi connectivity index (χ0n) is 6.96. The van der Waals surface area contributed by atoms with Crippen molar-refractivity contribution in [2.24, 2.45) is 0 Å². The summed E-state index contributed by atoms with van der Waals surface area (Å²) in [6.45, 7) is 2.12. The van der Waals surface area contributed by atoms with E-state index in [1.54, 1.807) is 12.4 Å². The summed E-state index contributed by atoms with van der Waals surface area (Å²) in [7, 11) is 1.86. The van der Waals surface area contributed by atoms with Gasteiger partial charge in [-0.3, -0.25) is 0 Å². The molecule has 0 amide bonds. The molecule has 1 heterocycles. The zero-order chi connectivity index (χ0) is 8.10. The van der Waals surface area contributed by atoms with E-state index < -0.39 is 0 Å². The second kappa shape index (κ2) is 3.91. The van der Waals surface area contributed by atoms with Crippen LogP contribution in [0.15, 0.2) is 12.4 Å². The first-order valence-corrected chi connectivity index (χ1v) is 3.85. The largest absolute Gasteiger partial charge is 0.386 e. The molecular formula is C8H13N3. The van der Waals surface area contributed by atoms with Gasteiger partial charge in [-0.25, -0.2) is 9.97 Å². The maximum Gasteiger partial charge on any atom is 0.128 e. The number of rotatable bonds is 3. The minimum absolute atomic E-state index is 0.923. The smallest absolute Gasteiger partial charge is 0.128 e. The maximum atomic E-state index is 4.17. The van der Waals surface area contributed by atoms with Gasteiger partial charge >= 0.3 is 0 Å². The van der Waals surface area contributed by atoms with Crippen LogP contribution in [0.25, 0.3) is 0 Å². The fourth-order valence-corrected chi connectivity index (χ4v) is 0.837. The number of hydrogen-bond acceptors (Lipinski definition) is 3. The molecule has 0 aromatic carbocycles. The fraction of sp³-hybridized carbons (Fsp3) is 0.500. The molecule has 0 bridgehead atoms. The standard InChI is InChI=1S/C8H13N3/c1-3-4-8-10-5-7(9-2)6-11-8/h5-6,9H,3-4H2,1-2H3. The molecule has 0 unspecified atom stereocenters. The Balaban J connectivity index is 2.66. The van der Waals surface area contributed by atoms with Gasteiger partial charge in [0.25, 0.3) is 0 Å². The van der Waals surface area contributed by atoms with Gasteiger partial charge in [-0.15, -0.1) is 0 Å². The van der Waals surface area contributed by atoms with E-state index in [0.717, 1.165) is 24.4 Å². The minimum Gasteiger partial charge on any atom is -0.386 e. The number of aromatic nitrogens is 2. The van der Waals surface area contributed by atoms with Crippen molar-refractivity contribution in [1.29, 1.82) is 0 Å². The molecule has 60 valence electrons. The lowest BCUT2D eigenvalue weighted by Crippen LogP contribution is -1.96. The Bertz CT molecular complexity index is 205. The lowest BCUT2D eigenvalue weighted by Gasteiger charge is -1.99. The quantitative estimate of drug-likeness (QED) is 0.710. The predicted molar refractivity (Wildman–Crippen MR) is 45.6 cm³/mol. The van der Waals surface area contributed by atoms with E-state index in [1.807, 2.05) is 7.05 Å². The van der Waals surface area contributed by atoms with Gasteiger partial charge in [-0.2, -0.15) is 0 Å². The lowest BCUT2D eigenvalue weighted by atomic mass is 10.3. The van der Waals surface area contributed by atoms with Gasteiger partial charge in [0.2, 0.25) is 0 Å². The zero-order valence-corrected chi connectivity index (χ0v) is 6.96. The van der Waals surface area contributed by atoms with Crippen LogP contribution in [0.4, 0.5) is 5.69 Å². The summed E-state index contributed by atoms with van der Waals surface area (Å²) in [6.07, 6.45) is 5.67. The third-order valence-electron chi connectivity index (χ3n) is 1.47. The van der Waals surface area contributed by atoms with E-state index in [2.05, 4.69) is 22.2 Å². The van der Waals surface area contributed by atoms with Crippen LogP contribution in [-0.2, 0) is 6.42 Å². The Hall–Kier alpha value is -1.12. The number of anilines is 1. The van der Waals surface area contributed by atoms with Crippen LogP contribution in [0.3, 0.4) is 0 Å². The third-order valence-corrected chi connectivity index (χ3v) is 1.47. The Morgan fingerprint density at radius 2 is 2.00 bits per heavy atom.